The lowest BCUT2D eigenvalue weighted by molar-refractivity contribution is 0.134. The molecule has 0 spiro atoms. The van der Waals surface area contributed by atoms with Crippen LogP contribution < -0.4 is 0 Å². The van der Waals surface area contributed by atoms with Crippen molar-refractivity contribution >= 4 is 15.9 Å². The monoisotopic (exact) mass is 317 g/mol. The van der Waals surface area contributed by atoms with Gasteiger partial charge in [0.05, 0.1) is 22.5 Å². The molecule has 0 aliphatic heterocycles. The van der Waals surface area contributed by atoms with Crippen molar-refractivity contribution < 1.29 is 4.74 Å². The van der Waals surface area contributed by atoms with Gasteiger partial charge in [-0.1, -0.05) is 13.8 Å². The van der Waals surface area contributed by atoms with Gasteiger partial charge in [-0.15, -0.1) is 0 Å². The van der Waals surface area contributed by atoms with Crippen LogP contribution in [0.15, 0.2) is 4.47 Å². The van der Waals surface area contributed by atoms with Crippen molar-refractivity contribution in [1.82, 2.24) is 14.7 Å². The Balaban J connectivity index is 2.74. The Labute approximate surface area is 118 Å². The van der Waals surface area contributed by atoms with Crippen molar-refractivity contribution in [3.8, 4) is 0 Å². The summed E-state index contributed by atoms with van der Waals surface area (Å²) < 4.78 is 8.26. The van der Waals surface area contributed by atoms with Crippen molar-refractivity contribution in [2.24, 2.45) is 13.0 Å². The van der Waals surface area contributed by atoms with Crippen LogP contribution in [-0.2, 0) is 18.3 Å². The van der Waals surface area contributed by atoms with Crippen LogP contribution in [0, 0.1) is 12.8 Å². The molecule has 0 saturated carbocycles. The van der Waals surface area contributed by atoms with E-state index < -0.39 is 0 Å². The van der Waals surface area contributed by atoms with Crippen LogP contribution in [0.25, 0.3) is 0 Å². The molecule has 1 aromatic heterocycles. The minimum Gasteiger partial charge on any atom is -0.383 e. The molecule has 5 heteroatoms. The highest BCUT2D eigenvalue weighted by Crippen LogP contribution is 2.21. The third-order valence-corrected chi connectivity index (χ3v) is 3.90. The van der Waals surface area contributed by atoms with Crippen LogP contribution in [-0.4, -0.2) is 41.5 Å². The zero-order valence-electron chi connectivity index (χ0n) is 12.0. The van der Waals surface area contributed by atoms with E-state index in [-0.39, 0.29) is 0 Å². The highest BCUT2D eigenvalue weighted by Gasteiger charge is 2.15. The molecule has 0 N–H and O–H groups in total. The quantitative estimate of drug-likeness (QED) is 0.774. The zero-order valence-corrected chi connectivity index (χ0v) is 13.6. The molecule has 0 amide bonds. The smallest absolute Gasteiger partial charge is 0.0739 e. The summed E-state index contributed by atoms with van der Waals surface area (Å²) in [5, 5.41) is 4.43. The molecule has 0 aromatic carbocycles. The number of nitrogens with zero attached hydrogens (tertiary/aromatic N) is 3. The number of halogens is 1. The second kappa shape index (κ2) is 7.26. The molecular formula is C13H24BrN3O. The Morgan fingerprint density at radius 3 is 2.56 bits per heavy atom. The standard InChI is InChI=1S/C13H24BrN3O/c1-10(2)8-17(6-7-18-5)9-12-13(14)11(3)15-16(12)4/h10H,6-9H2,1-5H3. The molecule has 1 rings (SSSR count). The summed E-state index contributed by atoms with van der Waals surface area (Å²) in [5.41, 5.74) is 2.27. The van der Waals surface area contributed by atoms with E-state index in [1.165, 1.54) is 5.69 Å². The first-order valence-electron chi connectivity index (χ1n) is 6.35. The first kappa shape index (κ1) is 15.7. The van der Waals surface area contributed by atoms with Gasteiger partial charge in [-0.05, 0) is 28.8 Å². The third-order valence-electron chi connectivity index (χ3n) is 2.87. The van der Waals surface area contributed by atoms with Crippen LogP contribution in [0.4, 0.5) is 0 Å². The molecule has 0 fully saturated rings. The first-order chi connectivity index (χ1) is 8.45. The number of hydrogen-bond donors (Lipinski definition) is 0. The second-order valence-corrected chi connectivity index (χ2v) is 5.88. The van der Waals surface area contributed by atoms with Gasteiger partial charge in [0.25, 0.3) is 0 Å². The Morgan fingerprint density at radius 2 is 2.11 bits per heavy atom. The van der Waals surface area contributed by atoms with Crippen LogP contribution >= 0.6 is 15.9 Å². The number of methoxy groups -OCH3 is 1. The molecule has 0 unspecified atom stereocenters. The van der Waals surface area contributed by atoms with Crippen LogP contribution in [0.2, 0.25) is 0 Å². The number of rotatable bonds is 7. The Kier molecular flexibility index (Phi) is 6.32. The number of aryl methyl sites for hydroxylation is 2. The summed E-state index contributed by atoms with van der Waals surface area (Å²) in [6.45, 7) is 10.2. The molecule has 1 heterocycles. The summed E-state index contributed by atoms with van der Waals surface area (Å²) in [7, 11) is 3.74. The minimum absolute atomic E-state index is 0.648. The van der Waals surface area contributed by atoms with Gasteiger partial charge in [-0.2, -0.15) is 5.10 Å². The Bertz CT molecular complexity index is 377. The molecule has 0 aliphatic carbocycles. The van der Waals surface area contributed by atoms with Crippen molar-refractivity contribution in [2.75, 3.05) is 26.8 Å². The molecule has 0 saturated heterocycles. The largest absolute Gasteiger partial charge is 0.383 e. The fraction of sp³-hybridized carbons (Fsp3) is 0.769. The average Bonchev–Trinajstić information content (AvgIpc) is 2.52. The highest BCUT2D eigenvalue weighted by atomic mass is 79.9. The van der Waals surface area contributed by atoms with E-state index in [0.717, 1.165) is 36.4 Å². The maximum Gasteiger partial charge on any atom is 0.0739 e. The fourth-order valence-electron chi connectivity index (χ4n) is 2.04. The van der Waals surface area contributed by atoms with E-state index in [1.807, 2.05) is 18.7 Å². The van der Waals surface area contributed by atoms with Crippen LogP contribution in [0.1, 0.15) is 25.2 Å². The van der Waals surface area contributed by atoms with Gasteiger partial charge in [0.1, 0.15) is 0 Å². The van der Waals surface area contributed by atoms with Crippen molar-refractivity contribution in [3.05, 3.63) is 15.9 Å². The van der Waals surface area contributed by atoms with Gasteiger partial charge in [0.2, 0.25) is 0 Å². The van der Waals surface area contributed by atoms with Crippen molar-refractivity contribution in [1.29, 1.82) is 0 Å². The summed E-state index contributed by atoms with van der Waals surface area (Å²) in [6, 6.07) is 0. The van der Waals surface area contributed by atoms with E-state index in [0.29, 0.717) is 5.92 Å². The lowest BCUT2D eigenvalue weighted by Gasteiger charge is -2.24. The van der Waals surface area contributed by atoms with Crippen molar-refractivity contribution in [3.63, 3.8) is 0 Å². The normalized spacial score (nSPS) is 11.8. The molecule has 0 atom stereocenters. The second-order valence-electron chi connectivity index (χ2n) is 5.09. The summed E-state index contributed by atoms with van der Waals surface area (Å²) in [6.07, 6.45) is 0. The Morgan fingerprint density at radius 1 is 1.44 bits per heavy atom. The van der Waals surface area contributed by atoms with Gasteiger partial charge < -0.3 is 4.74 Å². The van der Waals surface area contributed by atoms with E-state index in [1.54, 1.807) is 7.11 Å². The molecule has 4 nitrogen and oxygen atoms in total. The molecule has 0 bridgehead atoms. The van der Waals surface area contributed by atoms with Crippen LogP contribution in [0.5, 0.6) is 0 Å². The highest BCUT2D eigenvalue weighted by molar-refractivity contribution is 9.10. The lowest BCUT2D eigenvalue weighted by atomic mass is 10.2. The maximum atomic E-state index is 5.18. The molecule has 18 heavy (non-hydrogen) atoms. The predicted octanol–water partition coefficient (Wildman–Crippen LogP) is 2.60. The van der Waals surface area contributed by atoms with Crippen molar-refractivity contribution in [2.45, 2.75) is 27.3 Å². The lowest BCUT2D eigenvalue weighted by Crippen LogP contribution is -2.31. The third kappa shape index (κ3) is 4.37. The van der Waals surface area contributed by atoms with Gasteiger partial charge in [0.15, 0.2) is 0 Å². The molecule has 1 aromatic rings. The van der Waals surface area contributed by atoms with Gasteiger partial charge in [-0.25, -0.2) is 0 Å². The van der Waals surface area contributed by atoms with Gasteiger partial charge >= 0.3 is 0 Å². The number of hydrogen-bond acceptors (Lipinski definition) is 3. The van der Waals surface area contributed by atoms with Crippen LogP contribution in [0.3, 0.4) is 0 Å². The SMILES string of the molecule is COCCN(Cc1c(Br)c(C)nn1C)CC(C)C. The van der Waals surface area contributed by atoms with Gasteiger partial charge in [-0.3, -0.25) is 9.58 Å². The summed E-state index contributed by atoms with van der Waals surface area (Å²) in [5.74, 6) is 0.648. The number of aromatic nitrogens is 2. The minimum atomic E-state index is 0.648. The molecule has 0 aliphatic rings. The maximum absolute atomic E-state index is 5.18. The van der Waals surface area contributed by atoms with Gasteiger partial charge in [0, 0.05) is 33.8 Å². The van der Waals surface area contributed by atoms with E-state index in [4.69, 9.17) is 4.74 Å². The molecular weight excluding hydrogens is 294 g/mol. The zero-order chi connectivity index (χ0) is 13.7. The molecule has 104 valence electrons. The summed E-state index contributed by atoms with van der Waals surface area (Å²) >= 11 is 3.62. The fourth-order valence-corrected chi connectivity index (χ4v) is 2.50. The predicted molar refractivity (Wildman–Crippen MR) is 77.6 cm³/mol. The molecule has 0 radical (unpaired) electrons. The summed E-state index contributed by atoms with van der Waals surface area (Å²) in [4.78, 5) is 2.41. The Hall–Kier alpha value is -0.390. The first-order valence-corrected chi connectivity index (χ1v) is 7.14. The van der Waals surface area contributed by atoms with E-state index >= 15 is 0 Å². The average molecular weight is 318 g/mol. The van der Waals surface area contributed by atoms with E-state index in [9.17, 15) is 0 Å². The number of ether oxygens (including phenoxy) is 1. The van der Waals surface area contributed by atoms with E-state index in [2.05, 4.69) is 39.8 Å². The topological polar surface area (TPSA) is 30.3 Å².